The van der Waals surface area contributed by atoms with E-state index >= 15 is 0 Å². The molecule has 0 aliphatic rings. The standard InChI is InChI=1S/C10H16O6.C8H8.C7H12O2/c1-2-3-4-16-10(15)7(5-9(13)14)8(12)6-11;1-2-8-6-4-3-5-7-8;1-3-5-6-9-7(8)4-2/h5,8,11-12H,2-4,6H2,1H3,(H,13,14);2-7H,1H2;4H,2-3,5-6H2,1H3/b7-5-;;. The first kappa shape index (κ1) is 32.0. The highest BCUT2D eigenvalue weighted by molar-refractivity contribution is 5.96. The number of carbonyl (C=O) groups is 3. The molecule has 0 heterocycles. The fourth-order valence-electron chi connectivity index (χ4n) is 1.88. The molecule has 33 heavy (non-hydrogen) atoms. The Kier molecular flexibility index (Phi) is 21.3. The summed E-state index contributed by atoms with van der Waals surface area (Å²) in [6.07, 6.45) is 5.47. The van der Waals surface area contributed by atoms with Gasteiger partial charge in [0.25, 0.3) is 0 Å². The van der Waals surface area contributed by atoms with E-state index in [2.05, 4.69) is 17.9 Å². The lowest BCUT2D eigenvalue weighted by atomic mass is 10.1. The van der Waals surface area contributed by atoms with Crippen LogP contribution in [-0.2, 0) is 23.9 Å². The van der Waals surface area contributed by atoms with Crippen LogP contribution >= 0.6 is 0 Å². The molecule has 1 unspecified atom stereocenters. The zero-order valence-corrected chi connectivity index (χ0v) is 19.4. The SMILES string of the molecule is C=CC(=O)OCCCC.C=Cc1ccccc1.CCCCOC(=O)/C(=C\C(=O)O)C(O)CO. The predicted molar refractivity (Wildman–Crippen MR) is 127 cm³/mol. The highest BCUT2D eigenvalue weighted by Gasteiger charge is 2.20. The number of rotatable bonds is 12. The van der Waals surface area contributed by atoms with Crippen molar-refractivity contribution in [1.82, 2.24) is 0 Å². The highest BCUT2D eigenvalue weighted by Crippen LogP contribution is 2.06. The van der Waals surface area contributed by atoms with Crippen LogP contribution in [-0.4, -0.2) is 59.2 Å². The van der Waals surface area contributed by atoms with E-state index in [1.807, 2.05) is 50.3 Å². The van der Waals surface area contributed by atoms with Crippen LogP contribution in [0.25, 0.3) is 6.08 Å². The van der Waals surface area contributed by atoms with Gasteiger partial charge in [-0.15, -0.1) is 0 Å². The average Bonchev–Trinajstić information content (AvgIpc) is 2.83. The summed E-state index contributed by atoms with van der Waals surface area (Å²) in [5.41, 5.74) is 0.721. The molecule has 184 valence electrons. The van der Waals surface area contributed by atoms with E-state index in [4.69, 9.17) is 14.9 Å². The van der Waals surface area contributed by atoms with Crippen molar-refractivity contribution in [3.05, 3.63) is 66.8 Å². The molecule has 0 amide bonds. The van der Waals surface area contributed by atoms with Gasteiger partial charge in [0.05, 0.1) is 25.4 Å². The van der Waals surface area contributed by atoms with E-state index in [1.165, 1.54) is 11.6 Å². The van der Waals surface area contributed by atoms with Gasteiger partial charge in [-0.1, -0.05) is 76.3 Å². The lowest BCUT2D eigenvalue weighted by Gasteiger charge is -2.11. The van der Waals surface area contributed by atoms with Crippen LogP contribution in [0.2, 0.25) is 0 Å². The Morgan fingerprint density at radius 1 is 1.00 bits per heavy atom. The van der Waals surface area contributed by atoms with Crippen molar-refractivity contribution in [2.24, 2.45) is 0 Å². The first-order chi connectivity index (χ1) is 15.8. The van der Waals surface area contributed by atoms with E-state index in [-0.39, 0.29) is 12.6 Å². The molecule has 1 atom stereocenters. The van der Waals surface area contributed by atoms with Crippen LogP contribution in [0.1, 0.15) is 45.1 Å². The van der Waals surface area contributed by atoms with Gasteiger partial charge in [0.2, 0.25) is 0 Å². The molecule has 0 radical (unpaired) electrons. The van der Waals surface area contributed by atoms with Crippen molar-refractivity contribution >= 4 is 24.0 Å². The molecule has 0 bridgehead atoms. The lowest BCUT2D eigenvalue weighted by Crippen LogP contribution is -2.24. The Labute approximate surface area is 195 Å². The van der Waals surface area contributed by atoms with Gasteiger partial charge < -0.3 is 24.8 Å². The fourth-order valence-corrected chi connectivity index (χ4v) is 1.88. The molecule has 1 aromatic carbocycles. The molecule has 0 saturated heterocycles. The molecule has 0 fully saturated rings. The highest BCUT2D eigenvalue weighted by atomic mass is 16.5. The first-order valence-electron chi connectivity index (χ1n) is 10.6. The molecular formula is C25H36O8. The minimum absolute atomic E-state index is 0.157. The van der Waals surface area contributed by atoms with E-state index in [9.17, 15) is 19.5 Å². The average molecular weight is 465 g/mol. The van der Waals surface area contributed by atoms with Crippen LogP contribution in [0.4, 0.5) is 0 Å². The number of aliphatic hydroxyl groups is 2. The second-order valence-corrected chi connectivity index (χ2v) is 6.47. The molecule has 8 heteroatoms. The van der Waals surface area contributed by atoms with Gasteiger partial charge in [0, 0.05) is 12.2 Å². The number of unbranched alkanes of at least 4 members (excludes halogenated alkanes) is 2. The molecule has 0 aromatic heterocycles. The zero-order valence-electron chi connectivity index (χ0n) is 19.4. The molecule has 0 aliphatic heterocycles. The number of carbonyl (C=O) groups excluding carboxylic acids is 2. The number of ether oxygens (including phenoxy) is 2. The van der Waals surface area contributed by atoms with E-state index in [0.29, 0.717) is 19.1 Å². The fraction of sp³-hybridized carbons (Fsp3) is 0.400. The minimum atomic E-state index is -1.54. The number of carboxylic acids is 1. The molecule has 0 aliphatic carbocycles. The van der Waals surface area contributed by atoms with Crippen molar-refractivity contribution in [3.63, 3.8) is 0 Å². The molecule has 1 aromatic rings. The normalized spacial score (nSPS) is 10.8. The van der Waals surface area contributed by atoms with Gasteiger partial charge in [0.15, 0.2) is 0 Å². The zero-order chi connectivity index (χ0) is 25.5. The lowest BCUT2D eigenvalue weighted by molar-refractivity contribution is -0.141. The molecule has 8 nitrogen and oxygen atoms in total. The predicted octanol–water partition coefficient (Wildman–Crippen LogP) is 3.54. The third-order valence-corrected chi connectivity index (χ3v) is 3.72. The van der Waals surface area contributed by atoms with E-state index in [0.717, 1.165) is 19.3 Å². The van der Waals surface area contributed by atoms with E-state index < -0.39 is 30.2 Å². The molecular weight excluding hydrogens is 428 g/mol. The molecule has 3 N–H and O–H groups in total. The monoisotopic (exact) mass is 464 g/mol. The number of carboxylic acid groups (broad SMARTS) is 1. The van der Waals surface area contributed by atoms with Crippen LogP contribution in [0, 0.1) is 0 Å². The number of hydrogen-bond acceptors (Lipinski definition) is 7. The van der Waals surface area contributed by atoms with E-state index in [1.54, 1.807) is 0 Å². The van der Waals surface area contributed by atoms with Gasteiger partial charge in [0.1, 0.15) is 6.10 Å². The summed E-state index contributed by atoms with van der Waals surface area (Å²) >= 11 is 0. The van der Waals surface area contributed by atoms with Crippen LogP contribution in [0.3, 0.4) is 0 Å². The third kappa shape index (κ3) is 19.2. The summed E-state index contributed by atoms with van der Waals surface area (Å²) in [5.74, 6) is -2.63. The summed E-state index contributed by atoms with van der Waals surface area (Å²) in [7, 11) is 0. The maximum Gasteiger partial charge on any atom is 0.337 e. The Balaban J connectivity index is 0. The summed E-state index contributed by atoms with van der Waals surface area (Å²) in [4.78, 5) is 32.1. The Hall–Kier alpha value is -3.23. The quantitative estimate of drug-likeness (QED) is 0.243. The maximum atomic E-state index is 11.3. The van der Waals surface area contributed by atoms with Crippen molar-refractivity contribution in [2.45, 2.75) is 45.6 Å². The van der Waals surface area contributed by atoms with Gasteiger partial charge in [-0.25, -0.2) is 14.4 Å². The Bertz CT molecular complexity index is 725. The number of benzene rings is 1. The maximum absolute atomic E-state index is 11.3. The molecule has 0 saturated carbocycles. The van der Waals surface area contributed by atoms with Crippen LogP contribution < -0.4 is 0 Å². The summed E-state index contributed by atoms with van der Waals surface area (Å²) in [6, 6.07) is 10.0. The van der Waals surface area contributed by atoms with Gasteiger partial charge in [-0.05, 0) is 18.4 Å². The minimum Gasteiger partial charge on any atom is -0.478 e. The first-order valence-corrected chi connectivity index (χ1v) is 10.6. The Morgan fingerprint density at radius 3 is 1.94 bits per heavy atom. The van der Waals surface area contributed by atoms with Gasteiger partial charge >= 0.3 is 17.9 Å². The number of aliphatic carboxylic acids is 1. The second-order valence-electron chi connectivity index (χ2n) is 6.47. The largest absolute Gasteiger partial charge is 0.478 e. The van der Waals surface area contributed by atoms with Crippen molar-refractivity contribution < 1.29 is 39.2 Å². The summed E-state index contributed by atoms with van der Waals surface area (Å²) in [6.45, 7) is 10.8. The number of esters is 2. The summed E-state index contributed by atoms with van der Waals surface area (Å²) < 4.78 is 9.40. The van der Waals surface area contributed by atoms with Crippen molar-refractivity contribution in [2.75, 3.05) is 19.8 Å². The van der Waals surface area contributed by atoms with Crippen molar-refractivity contribution in [1.29, 1.82) is 0 Å². The number of aliphatic hydroxyl groups excluding tert-OH is 2. The topological polar surface area (TPSA) is 130 Å². The number of hydrogen-bond donors (Lipinski definition) is 3. The Morgan fingerprint density at radius 2 is 1.55 bits per heavy atom. The van der Waals surface area contributed by atoms with Crippen LogP contribution in [0.5, 0.6) is 0 Å². The molecule has 1 rings (SSSR count). The van der Waals surface area contributed by atoms with Gasteiger partial charge in [-0.2, -0.15) is 0 Å². The second kappa shape index (κ2) is 22.0. The van der Waals surface area contributed by atoms with Crippen molar-refractivity contribution in [3.8, 4) is 0 Å². The summed E-state index contributed by atoms with van der Waals surface area (Å²) in [5, 5.41) is 26.3. The smallest absolute Gasteiger partial charge is 0.337 e. The molecule has 0 spiro atoms. The van der Waals surface area contributed by atoms with Gasteiger partial charge in [-0.3, -0.25) is 0 Å². The van der Waals surface area contributed by atoms with Crippen LogP contribution in [0.15, 0.2) is 61.2 Å². The third-order valence-electron chi connectivity index (χ3n) is 3.72.